The van der Waals surface area contributed by atoms with Crippen LogP contribution in [0.4, 0.5) is 5.69 Å². The number of hydrogen-bond donors (Lipinski definition) is 1. The van der Waals surface area contributed by atoms with Gasteiger partial charge in [0.2, 0.25) is 0 Å². The van der Waals surface area contributed by atoms with Crippen molar-refractivity contribution in [3.05, 3.63) is 24.0 Å². The first kappa shape index (κ1) is 11.4. The predicted octanol–water partition coefficient (Wildman–Crippen LogP) is 1.61. The van der Waals surface area contributed by atoms with Crippen LogP contribution in [0.2, 0.25) is 0 Å². The summed E-state index contributed by atoms with van der Waals surface area (Å²) in [4.78, 5) is 4.07. The summed E-state index contributed by atoms with van der Waals surface area (Å²) in [5.41, 5.74) is 2.08. The zero-order valence-electron chi connectivity index (χ0n) is 9.82. The van der Waals surface area contributed by atoms with E-state index in [-0.39, 0.29) is 5.60 Å². The summed E-state index contributed by atoms with van der Waals surface area (Å²) in [6.07, 6.45) is 4.59. The average Bonchev–Trinajstić information content (AvgIpc) is 2.78. The minimum atomic E-state index is -0.171. The van der Waals surface area contributed by atoms with Gasteiger partial charge in [-0.2, -0.15) is 0 Å². The fraction of sp³-hybridized carbons (Fsp3) is 0.583. The predicted molar refractivity (Wildman–Crippen MR) is 62.6 cm³/mol. The van der Waals surface area contributed by atoms with Gasteiger partial charge in [0, 0.05) is 44.8 Å². The molecule has 0 bridgehead atoms. The molecular weight excluding hydrogens is 204 g/mol. The van der Waals surface area contributed by atoms with Crippen LogP contribution in [0, 0.1) is 6.92 Å². The molecule has 1 aliphatic rings. The van der Waals surface area contributed by atoms with Crippen molar-refractivity contribution in [2.24, 2.45) is 0 Å². The molecule has 0 radical (unpaired) electrons. The maximum atomic E-state index is 5.56. The van der Waals surface area contributed by atoms with Gasteiger partial charge in [0.05, 0.1) is 6.61 Å². The molecule has 2 heterocycles. The third kappa shape index (κ3) is 2.33. The second-order valence-electron chi connectivity index (χ2n) is 4.23. The molecule has 88 valence electrons. The van der Waals surface area contributed by atoms with E-state index < -0.39 is 0 Å². The standard InChI is InChI=1S/C12H18N2O2/c1-10-7-13-5-3-11(10)14-8-12(15-2)4-6-16-9-12/h3,5,7H,4,6,8-9H2,1-2H3,(H,13,14). The number of nitrogens with zero attached hydrogens (tertiary/aromatic N) is 1. The average molecular weight is 222 g/mol. The molecule has 0 amide bonds. The van der Waals surface area contributed by atoms with E-state index in [1.807, 2.05) is 19.2 Å². The first-order valence-corrected chi connectivity index (χ1v) is 5.53. The molecule has 0 saturated carbocycles. The van der Waals surface area contributed by atoms with Crippen LogP contribution in [0.15, 0.2) is 18.5 Å². The van der Waals surface area contributed by atoms with E-state index in [1.165, 1.54) is 0 Å². The molecule has 0 aromatic carbocycles. The largest absolute Gasteiger partial charge is 0.382 e. The van der Waals surface area contributed by atoms with Gasteiger partial charge in [-0.15, -0.1) is 0 Å². The molecule has 1 N–H and O–H groups in total. The fourth-order valence-corrected chi connectivity index (χ4v) is 1.89. The first-order valence-electron chi connectivity index (χ1n) is 5.53. The third-order valence-corrected chi connectivity index (χ3v) is 3.12. The van der Waals surface area contributed by atoms with Crippen molar-refractivity contribution in [1.29, 1.82) is 0 Å². The van der Waals surface area contributed by atoms with Gasteiger partial charge in [0.15, 0.2) is 0 Å². The van der Waals surface area contributed by atoms with Crippen LogP contribution in [0.5, 0.6) is 0 Å². The van der Waals surface area contributed by atoms with Crippen molar-refractivity contribution in [3.63, 3.8) is 0 Å². The molecule has 2 rings (SSSR count). The Bertz CT molecular complexity index is 349. The van der Waals surface area contributed by atoms with Gasteiger partial charge in [-0.05, 0) is 18.6 Å². The fourth-order valence-electron chi connectivity index (χ4n) is 1.89. The highest BCUT2D eigenvalue weighted by molar-refractivity contribution is 5.48. The first-order chi connectivity index (χ1) is 7.76. The van der Waals surface area contributed by atoms with E-state index in [9.17, 15) is 0 Å². The lowest BCUT2D eigenvalue weighted by Crippen LogP contribution is -2.39. The molecule has 4 nitrogen and oxygen atoms in total. The van der Waals surface area contributed by atoms with Gasteiger partial charge in [-0.3, -0.25) is 4.98 Å². The van der Waals surface area contributed by atoms with Gasteiger partial charge < -0.3 is 14.8 Å². The van der Waals surface area contributed by atoms with Crippen molar-refractivity contribution in [2.75, 3.05) is 32.2 Å². The molecule has 1 saturated heterocycles. The second-order valence-corrected chi connectivity index (χ2v) is 4.23. The number of hydrogen-bond acceptors (Lipinski definition) is 4. The summed E-state index contributed by atoms with van der Waals surface area (Å²) in [5, 5.41) is 3.40. The van der Waals surface area contributed by atoms with Gasteiger partial charge in [0.1, 0.15) is 5.60 Å². The second kappa shape index (κ2) is 4.80. The summed E-state index contributed by atoms with van der Waals surface area (Å²) in [6.45, 7) is 4.26. The molecule has 4 heteroatoms. The Morgan fingerprint density at radius 1 is 1.62 bits per heavy atom. The summed E-state index contributed by atoms with van der Waals surface area (Å²) in [7, 11) is 1.75. The van der Waals surface area contributed by atoms with Crippen LogP contribution in [0.3, 0.4) is 0 Å². The van der Waals surface area contributed by atoms with Gasteiger partial charge in [-0.25, -0.2) is 0 Å². The van der Waals surface area contributed by atoms with Crippen LogP contribution >= 0.6 is 0 Å². The summed E-state index contributed by atoms with van der Waals surface area (Å²) >= 11 is 0. The normalized spacial score (nSPS) is 24.6. The number of methoxy groups -OCH3 is 1. The van der Waals surface area contributed by atoms with Crippen LogP contribution in [-0.4, -0.2) is 37.5 Å². The quantitative estimate of drug-likeness (QED) is 0.840. The van der Waals surface area contributed by atoms with Crippen molar-refractivity contribution < 1.29 is 9.47 Å². The lowest BCUT2D eigenvalue weighted by molar-refractivity contribution is -0.00620. The van der Waals surface area contributed by atoms with E-state index in [2.05, 4.69) is 10.3 Å². The third-order valence-electron chi connectivity index (χ3n) is 3.12. The number of pyridine rings is 1. The Morgan fingerprint density at radius 3 is 3.12 bits per heavy atom. The Hall–Kier alpha value is -1.13. The molecule has 1 aromatic rings. The highest BCUT2D eigenvalue weighted by Gasteiger charge is 2.34. The van der Waals surface area contributed by atoms with E-state index in [0.717, 1.165) is 30.8 Å². The minimum absolute atomic E-state index is 0.171. The summed E-state index contributed by atoms with van der Waals surface area (Å²) in [5.74, 6) is 0. The SMILES string of the molecule is COC1(CNc2ccncc2C)CCOC1. The summed E-state index contributed by atoms with van der Waals surface area (Å²) < 4.78 is 10.9. The highest BCUT2D eigenvalue weighted by atomic mass is 16.5. The van der Waals surface area contributed by atoms with Crippen LogP contribution < -0.4 is 5.32 Å². The van der Waals surface area contributed by atoms with E-state index in [1.54, 1.807) is 13.3 Å². The topological polar surface area (TPSA) is 43.4 Å². The molecule has 0 aliphatic carbocycles. The Balaban J connectivity index is 1.98. The molecular formula is C12H18N2O2. The Labute approximate surface area is 96.0 Å². The van der Waals surface area contributed by atoms with Crippen molar-refractivity contribution >= 4 is 5.69 Å². The number of nitrogens with one attached hydrogen (secondary N) is 1. The van der Waals surface area contributed by atoms with Crippen molar-refractivity contribution in [1.82, 2.24) is 4.98 Å². The molecule has 1 atom stereocenters. The molecule has 1 aromatic heterocycles. The van der Waals surface area contributed by atoms with E-state index in [0.29, 0.717) is 6.61 Å². The van der Waals surface area contributed by atoms with Gasteiger partial charge in [-0.1, -0.05) is 0 Å². The number of rotatable bonds is 4. The monoisotopic (exact) mass is 222 g/mol. The van der Waals surface area contributed by atoms with Crippen LogP contribution in [-0.2, 0) is 9.47 Å². The Kier molecular flexibility index (Phi) is 3.41. The van der Waals surface area contributed by atoms with E-state index >= 15 is 0 Å². The van der Waals surface area contributed by atoms with Gasteiger partial charge >= 0.3 is 0 Å². The van der Waals surface area contributed by atoms with Crippen molar-refractivity contribution in [2.45, 2.75) is 18.9 Å². The summed E-state index contributed by atoms with van der Waals surface area (Å²) in [6, 6.07) is 1.98. The molecule has 1 fully saturated rings. The lowest BCUT2D eigenvalue weighted by atomic mass is 10.0. The number of aromatic nitrogens is 1. The number of anilines is 1. The zero-order valence-corrected chi connectivity index (χ0v) is 9.82. The maximum absolute atomic E-state index is 5.56. The van der Waals surface area contributed by atoms with Gasteiger partial charge in [0.25, 0.3) is 0 Å². The lowest BCUT2D eigenvalue weighted by Gasteiger charge is -2.26. The van der Waals surface area contributed by atoms with E-state index in [4.69, 9.17) is 9.47 Å². The molecule has 1 aliphatic heterocycles. The number of ether oxygens (including phenoxy) is 2. The zero-order chi connectivity index (χ0) is 11.4. The smallest absolute Gasteiger partial charge is 0.110 e. The molecule has 0 spiro atoms. The van der Waals surface area contributed by atoms with Crippen molar-refractivity contribution in [3.8, 4) is 0 Å². The van der Waals surface area contributed by atoms with Crippen LogP contribution in [0.1, 0.15) is 12.0 Å². The minimum Gasteiger partial charge on any atom is -0.382 e. The highest BCUT2D eigenvalue weighted by Crippen LogP contribution is 2.23. The number of aryl methyl sites for hydroxylation is 1. The Morgan fingerprint density at radius 2 is 2.50 bits per heavy atom. The molecule has 1 unspecified atom stereocenters. The van der Waals surface area contributed by atoms with Crippen LogP contribution in [0.25, 0.3) is 0 Å². The molecule has 16 heavy (non-hydrogen) atoms. The maximum Gasteiger partial charge on any atom is 0.110 e.